The molecule has 2 N–H and O–H groups in total. The Labute approximate surface area is 215 Å². The van der Waals surface area contributed by atoms with E-state index in [4.69, 9.17) is 4.74 Å². The molecular formula is C31H38N2O3. The average Bonchev–Trinajstić information content (AvgIpc) is 2.81. The fourth-order valence-corrected chi connectivity index (χ4v) is 3.75. The average molecular weight is 487 g/mol. The molecule has 0 fully saturated rings. The third-order valence-corrected chi connectivity index (χ3v) is 5.73. The zero-order valence-electron chi connectivity index (χ0n) is 22.3. The number of hydrogen-bond acceptors (Lipinski definition) is 3. The van der Waals surface area contributed by atoms with Gasteiger partial charge in [-0.1, -0.05) is 75.4 Å². The molecule has 0 spiro atoms. The van der Waals surface area contributed by atoms with Crippen molar-refractivity contribution in [3.63, 3.8) is 0 Å². The van der Waals surface area contributed by atoms with Crippen LogP contribution in [0, 0.1) is 0 Å². The van der Waals surface area contributed by atoms with E-state index in [2.05, 4.69) is 55.7 Å². The molecule has 3 aromatic rings. The van der Waals surface area contributed by atoms with Crippen molar-refractivity contribution < 1.29 is 14.3 Å². The van der Waals surface area contributed by atoms with E-state index in [9.17, 15) is 9.59 Å². The predicted molar refractivity (Wildman–Crippen MR) is 147 cm³/mol. The lowest BCUT2D eigenvalue weighted by atomic mass is 9.86. The van der Waals surface area contributed by atoms with Crippen LogP contribution in [0.2, 0.25) is 0 Å². The van der Waals surface area contributed by atoms with Gasteiger partial charge in [0, 0.05) is 18.7 Å². The first-order valence-electron chi connectivity index (χ1n) is 12.4. The number of benzene rings is 3. The highest BCUT2D eigenvalue weighted by Gasteiger charge is 2.16. The van der Waals surface area contributed by atoms with Gasteiger partial charge in [0.1, 0.15) is 5.60 Å². The van der Waals surface area contributed by atoms with Gasteiger partial charge < -0.3 is 15.4 Å². The molecule has 5 heteroatoms. The molecule has 0 saturated carbocycles. The largest absolute Gasteiger partial charge is 0.444 e. The zero-order valence-corrected chi connectivity index (χ0v) is 22.3. The van der Waals surface area contributed by atoms with Crippen LogP contribution in [0.15, 0.2) is 72.8 Å². The summed E-state index contributed by atoms with van der Waals surface area (Å²) in [7, 11) is 0. The maximum atomic E-state index is 12.5. The van der Waals surface area contributed by atoms with E-state index >= 15 is 0 Å². The minimum Gasteiger partial charge on any atom is -0.444 e. The minimum absolute atomic E-state index is 0.00198. The van der Waals surface area contributed by atoms with Crippen LogP contribution in [-0.4, -0.2) is 17.6 Å². The number of carbonyl (C=O) groups excluding carboxylic acids is 2. The summed E-state index contributed by atoms with van der Waals surface area (Å²) in [5.41, 5.74) is 5.87. The van der Waals surface area contributed by atoms with Gasteiger partial charge in [-0.15, -0.1) is 0 Å². The molecule has 0 aliphatic carbocycles. The Morgan fingerprint density at radius 2 is 1.44 bits per heavy atom. The number of aryl methyl sites for hydroxylation is 1. The minimum atomic E-state index is -0.527. The van der Waals surface area contributed by atoms with Crippen molar-refractivity contribution in [1.29, 1.82) is 0 Å². The summed E-state index contributed by atoms with van der Waals surface area (Å²) in [6.07, 6.45) is 0.705. The lowest BCUT2D eigenvalue weighted by Crippen LogP contribution is -2.32. The summed E-state index contributed by atoms with van der Waals surface area (Å²) in [6.45, 7) is 12.5. The normalized spacial score (nSPS) is 11.6. The summed E-state index contributed by atoms with van der Waals surface area (Å²) in [4.78, 5) is 24.4. The molecule has 3 aromatic carbocycles. The van der Waals surface area contributed by atoms with Crippen molar-refractivity contribution in [2.24, 2.45) is 0 Å². The van der Waals surface area contributed by atoms with Crippen LogP contribution < -0.4 is 10.6 Å². The van der Waals surface area contributed by atoms with Gasteiger partial charge >= 0.3 is 6.09 Å². The smallest absolute Gasteiger partial charge is 0.407 e. The molecule has 2 amide bonds. The van der Waals surface area contributed by atoms with Crippen molar-refractivity contribution in [2.75, 3.05) is 5.32 Å². The highest BCUT2D eigenvalue weighted by atomic mass is 16.6. The van der Waals surface area contributed by atoms with E-state index in [0.717, 1.165) is 27.9 Å². The molecule has 3 rings (SSSR count). The van der Waals surface area contributed by atoms with Crippen LogP contribution in [0.5, 0.6) is 0 Å². The number of rotatable bonds is 7. The Balaban J connectivity index is 1.52. The van der Waals surface area contributed by atoms with Crippen LogP contribution in [-0.2, 0) is 27.9 Å². The van der Waals surface area contributed by atoms with Gasteiger partial charge in [0.2, 0.25) is 5.91 Å². The third kappa shape index (κ3) is 8.56. The molecule has 36 heavy (non-hydrogen) atoms. The SMILES string of the molecule is CC(C)(C)OC(=O)NCc1cccc(-c2ccc(NC(=O)CCc3ccc(C(C)(C)C)cc3)cc2)c1. The zero-order chi connectivity index (χ0) is 26.3. The summed E-state index contributed by atoms with van der Waals surface area (Å²) in [6, 6.07) is 24.3. The van der Waals surface area contributed by atoms with Gasteiger partial charge in [-0.05, 0) is 78.6 Å². The Hall–Kier alpha value is -3.60. The molecule has 0 saturated heterocycles. The summed E-state index contributed by atoms with van der Waals surface area (Å²) < 4.78 is 5.29. The van der Waals surface area contributed by atoms with E-state index in [1.54, 1.807) is 0 Å². The quantitative estimate of drug-likeness (QED) is 0.370. The van der Waals surface area contributed by atoms with Crippen molar-refractivity contribution in [3.05, 3.63) is 89.5 Å². The highest BCUT2D eigenvalue weighted by Crippen LogP contribution is 2.24. The predicted octanol–water partition coefficient (Wildman–Crippen LogP) is 7.25. The molecule has 5 nitrogen and oxygen atoms in total. The molecule has 190 valence electrons. The van der Waals surface area contributed by atoms with Gasteiger partial charge in [-0.25, -0.2) is 4.79 Å². The molecule has 0 aliphatic heterocycles. The second kappa shape index (κ2) is 11.4. The highest BCUT2D eigenvalue weighted by molar-refractivity contribution is 5.91. The first-order chi connectivity index (χ1) is 16.9. The van der Waals surface area contributed by atoms with E-state index in [1.807, 2.05) is 69.3 Å². The maximum absolute atomic E-state index is 12.5. The van der Waals surface area contributed by atoms with Crippen LogP contribution in [0.3, 0.4) is 0 Å². The van der Waals surface area contributed by atoms with Crippen molar-refractivity contribution in [2.45, 2.75) is 71.9 Å². The lowest BCUT2D eigenvalue weighted by molar-refractivity contribution is -0.116. The second-order valence-electron chi connectivity index (χ2n) is 11.1. The Morgan fingerprint density at radius 1 is 0.778 bits per heavy atom. The first kappa shape index (κ1) is 27.0. The molecule has 0 unspecified atom stereocenters. The van der Waals surface area contributed by atoms with Crippen molar-refractivity contribution in [1.82, 2.24) is 5.32 Å². The number of nitrogens with one attached hydrogen (secondary N) is 2. The Morgan fingerprint density at radius 3 is 2.06 bits per heavy atom. The molecule has 0 radical (unpaired) electrons. The van der Waals surface area contributed by atoms with Crippen LogP contribution in [0.1, 0.15) is 64.7 Å². The lowest BCUT2D eigenvalue weighted by Gasteiger charge is -2.19. The number of hydrogen-bond donors (Lipinski definition) is 2. The van der Waals surface area contributed by atoms with E-state index in [1.165, 1.54) is 5.56 Å². The van der Waals surface area contributed by atoms with Gasteiger partial charge in [0.15, 0.2) is 0 Å². The fourth-order valence-electron chi connectivity index (χ4n) is 3.75. The number of ether oxygens (including phenoxy) is 1. The van der Waals surface area contributed by atoms with E-state index in [-0.39, 0.29) is 11.3 Å². The summed E-state index contributed by atoms with van der Waals surface area (Å²) >= 11 is 0. The topological polar surface area (TPSA) is 67.4 Å². The van der Waals surface area contributed by atoms with Crippen molar-refractivity contribution >= 4 is 17.7 Å². The maximum Gasteiger partial charge on any atom is 0.407 e. The van der Waals surface area contributed by atoms with E-state index < -0.39 is 11.7 Å². The second-order valence-corrected chi connectivity index (χ2v) is 11.1. The molecular weight excluding hydrogens is 448 g/mol. The van der Waals surface area contributed by atoms with Gasteiger partial charge in [0.25, 0.3) is 0 Å². The van der Waals surface area contributed by atoms with Crippen molar-refractivity contribution in [3.8, 4) is 11.1 Å². The van der Waals surface area contributed by atoms with Gasteiger partial charge in [-0.3, -0.25) is 4.79 Å². The molecule has 0 aliphatic rings. The third-order valence-electron chi connectivity index (χ3n) is 5.73. The van der Waals surface area contributed by atoms with Gasteiger partial charge in [0.05, 0.1) is 0 Å². The number of amides is 2. The first-order valence-corrected chi connectivity index (χ1v) is 12.4. The van der Waals surface area contributed by atoms with Gasteiger partial charge in [-0.2, -0.15) is 0 Å². The Kier molecular flexibility index (Phi) is 8.57. The van der Waals surface area contributed by atoms with Crippen LogP contribution in [0.4, 0.5) is 10.5 Å². The van der Waals surface area contributed by atoms with Crippen LogP contribution in [0.25, 0.3) is 11.1 Å². The number of anilines is 1. The van der Waals surface area contributed by atoms with Crippen LogP contribution >= 0.6 is 0 Å². The molecule has 0 atom stereocenters. The number of alkyl carbamates (subject to hydrolysis) is 1. The Bertz CT molecular complexity index is 1170. The summed E-state index contributed by atoms with van der Waals surface area (Å²) in [5.74, 6) is -0.00198. The number of carbonyl (C=O) groups is 2. The monoisotopic (exact) mass is 486 g/mol. The van der Waals surface area contributed by atoms with E-state index in [0.29, 0.717) is 19.4 Å². The summed E-state index contributed by atoms with van der Waals surface area (Å²) in [5, 5.41) is 5.78. The standard InChI is InChI=1S/C31H38N2O3/c1-30(2,3)26-15-10-22(11-16-26)12-19-28(34)33-27-17-13-24(14-18-27)25-9-7-8-23(20-25)21-32-29(35)36-31(4,5)6/h7-11,13-18,20H,12,19,21H2,1-6H3,(H,32,35)(H,33,34). The molecule has 0 bridgehead atoms. The fraction of sp³-hybridized carbons (Fsp3) is 0.355. The molecule has 0 aromatic heterocycles. The molecule has 0 heterocycles.